The van der Waals surface area contributed by atoms with Gasteiger partial charge in [0.25, 0.3) is 0 Å². The van der Waals surface area contributed by atoms with E-state index in [0.29, 0.717) is 5.92 Å². The number of nitrogens with zero attached hydrogens (tertiary/aromatic N) is 3. The van der Waals surface area contributed by atoms with Gasteiger partial charge in [0, 0.05) is 45.7 Å². The van der Waals surface area contributed by atoms with Crippen molar-refractivity contribution in [1.29, 1.82) is 0 Å². The van der Waals surface area contributed by atoms with Gasteiger partial charge in [0.2, 0.25) is 10.0 Å². The molecule has 0 aliphatic carbocycles. The highest BCUT2D eigenvalue weighted by atomic mass is 32.2. The standard InChI is InChI=1S/C16H27N3O3S2/c1-13(2)10-19-7-8-22-14(11-19)12-23-16-6-5-15(9-17-16)24(20,21)18(3)4/h5-6,9,13-14H,7-8,10-12H2,1-4H3/t14-/m1/s1. The average Bonchev–Trinajstić information content (AvgIpc) is 2.53. The Morgan fingerprint density at radius 2 is 2.17 bits per heavy atom. The zero-order valence-corrected chi connectivity index (χ0v) is 16.4. The smallest absolute Gasteiger partial charge is 0.244 e. The van der Waals surface area contributed by atoms with Crippen LogP contribution in [0.25, 0.3) is 0 Å². The molecule has 1 aromatic heterocycles. The van der Waals surface area contributed by atoms with Gasteiger partial charge in [-0.3, -0.25) is 4.90 Å². The number of hydrogen-bond donors (Lipinski definition) is 0. The van der Waals surface area contributed by atoms with Crippen molar-refractivity contribution in [2.24, 2.45) is 5.92 Å². The number of thioether (sulfide) groups is 1. The lowest BCUT2D eigenvalue weighted by Crippen LogP contribution is -2.44. The van der Waals surface area contributed by atoms with E-state index in [2.05, 4.69) is 23.7 Å². The molecule has 0 N–H and O–H groups in total. The van der Waals surface area contributed by atoms with Crippen LogP contribution in [-0.4, -0.2) is 74.8 Å². The molecule has 6 nitrogen and oxygen atoms in total. The summed E-state index contributed by atoms with van der Waals surface area (Å²) in [6, 6.07) is 3.37. The van der Waals surface area contributed by atoms with Crippen molar-refractivity contribution in [3.8, 4) is 0 Å². The van der Waals surface area contributed by atoms with Crippen molar-refractivity contribution in [3.05, 3.63) is 18.3 Å². The van der Waals surface area contributed by atoms with E-state index < -0.39 is 10.0 Å². The van der Waals surface area contributed by atoms with Crippen molar-refractivity contribution >= 4 is 21.8 Å². The van der Waals surface area contributed by atoms with E-state index in [-0.39, 0.29) is 11.0 Å². The Morgan fingerprint density at radius 3 is 2.75 bits per heavy atom. The first-order chi connectivity index (χ1) is 11.3. The van der Waals surface area contributed by atoms with Gasteiger partial charge in [-0.15, -0.1) is 11.8 Å². The Kier molecular flexibility index (Phi) is 7.06. The number of sulfonamides is 1. The molecule has 24 heavy (non-hydrogen) atoms. The molecule has 1 fully saturated rings. The molecule has 0 radical (unpaired) electrons. The molecule has 1 saturated heterocycles. The molecule has 8 heteroatoms. The maximum Gasteiger partial charge on any atom is 0.244 e. The lowest BCUT2D eigenvalue weighted by atomic mass is 10.2. The highest BCUT2D eigenvalue weighted by Gasteiger charge is 2.22. The summed E-state index contributed by atoms with van der Waals surface area (Å²) in [6.45, 7) is 8.26. The molecule has 1 aliphatic heterocycles. The molecular weight excluding hydrogens is 346 g/mol. The van der Waals surface area contributed by atoms with Gasteiger partial charge in [-0.2, -0.15) is 0 Å². The predicted octanol–water partition coefficient (Wildman–Crippen LogP) is 1.78. The summed E-state index contributed by atoms with van der Waals surface area (Å²) in [7, 11) is -0.387. The number of rotatable bonds is 7. The van der Waals surface area contributed by atoms with Gasteiger partial charge >= 0.3 is 0 Å². The van der Waals surface area contributed by atoms with Crippen molar-refractivity contribution < 1.29 is 13.2 Å². The highest BCUT2D eigenvalue weighted by Crippen LogP contribution is 2.21. The van der Waals surface area contributed by atoms with E-state index in [9.17, 15) is 8.42 Å². The van der Waals surface area contributed by atoms with Crippen LogP contribution < -0.4 is 0 Å². The molecule has 1 aromatic rings. The van der Waals surface area contributed by atoms with Crippen molar-refractivity contribution in [1.82, 2.24) is 14.2 Å². The number of pyridine rings is 1. The monoisotopic (exact) mass is 373 g/mol. The van der Waals surface area contributed by atoms with E-state index in [1.54, 1.807) is 23.9 Å². The third-order valence-corrected chi connectivity index (χ3v) is 6.63. The van der Waals surface area contributed by atoms with Crippen LogP contribution in [0.1, 0.15) is 13.8 Å². The topological polar surface area (TPSA) is 62.7 Å². The van der Waals surface area contributed by atoms with Gasteiger partial charge in [0.05, 0.1) is 17.7 Å². The molecule has 0 aromatic carbocycles. The third-order valence-electron chi connectivity index (χ3n) is 3.75. The van der Waals surface area contributed by atoms with Gasteiger partial charge in [-0.25, -0.2) is 17.7 Å². The average molecular weight is 374 g/mol. The summed E-state index contributed by atoms with van der Waals surface area (Å²) in [4.78, 5) is 6.93. The molecule has 0 bridgehead atoms. The van der Waals surface area contributed by atoms with Crippen LogP contribution in [0.4, 0.5) is 0 Å². The summed E-state index contributed by atoms with van der Waals surface area (Å²) in [5.41, 5.74) is 0. The molecule has 0 saturated carbocycles. The predicted molar refractivity (Wildman–Crippen MR) is 96.9 cm³/mol. The molecule has 2 rings (SSSR count). The van der Waals surface area contributed by atoms with Gasteiger partial charge in [0.1, 0.15) is 4.90 Å². The van der Waals surface area contributed by atoms with Crippen LogP contribution in [-0.2, 0) is 14.8 Å². The Bertz CT molecular complexity index is 618. The van der Waals surface area contributed by atoms with Crippen molar-refractivity contribution in [2.75, 3.05) is 46.1 Å². The zero-order chi connectivity index (χ0) is 17.7. The quantitative estimate of drug-likeness (QED) is 0.679. The van der Waals surface area contributed by atoms with Crippen LogP contribution in [0.5, 0.6) is 0 Å². The zero-order valence-electron chi connectivity index (χ0n) is 14.8. The molecular formula is C16H27N3O3S2. The minimum absolute atomic E-state index is 0.189. The van der Waals surface area contributed by atoms with Gasteiger partial charge in [0.15, 0.2) is 0 Å². The number of morpholine rings is 1. The van der Waals surface area contributed by atoms with Crippen LogP contribution in [0, 0.1) is 5.92 Å². The van der Waals surface area contributed by atoms with Gasteiger partial charge in [-0.1, -0.05) is 13.8 Å². The second-order valence-electron chi connectivity index (χ2n) is 6.58. The van der Waals surface area contributed by atoms with E-state index in [1.807, 2.05) is 0 Å². The summed E-state index contributed by atoms with van der Waals surface area (Å²) in [5, 5.41) is 0.817. The maximum absolute atomic E-state index is 12.0. The summed E-state index contributed by atoms with van der Waals surface area (Å²) in [6.07, 6.45) is 1.61. The van der Waals surface area contributed by atoms with Crippen LogP contribution >= 0.6 is 11.8 Å². The largest absolute Gasteiger partial charge is 0.375 e. The Hall–Kier alpha value is -0.670. The summed E-state index contributed by atoms with van der Waals surface area (Å²) >= 11 is 1.60. The van der Waals surface area contributed by atoms with Crippen LogP contribution in [0.15, 0.2) is 28.3 Å². The lowest BCUT2D eigenvalue weighted by molar-refractivity contribution is -0.0191. The minimum Gasteiger partial charge on any atom is -0.375 e. The van der Waals surface area contributed by atoms with E-state index in [1.165, 1.54) is 24.6 Å². The molecule has 1 atom stereocenters. The lowest BCUT2D eigenvalue weighted by Gasteiger charge is -2.33. The molecule has 0 amide bonds. The van der Waals surface area contributed by atoms with Crippen molar-refractivity contribution in [3.63, 3.8) is 0 Å². The van der Waals surface area contributed by atoms with Gasteiger partial charge in [-0.05, 0) is 18.1 Å². The first kappa shape index (κ1) is 19.7. The van der Waals surface area contributed by atoms with E-state index in [4.69, 9.17) is 4.74 Å². The van der Waals surface area contributed by atoms with E-state index >= 15 is 0 Å². The number of hydrogen-bond acceptors (Lipinski definition) is 6. The fraction of sp³-hybridized carbons (Fsp3) is 0.688. The second-order valence-corrected chi connectivity index (χ2v) is 9.77. The Labute approximate surface area is 149 Å². The van der Waals surface area contributed by atoms with Crippen molar-refractivity contribution in [2.45, 2.75) is 29.9 Å². The first-order valence-electron chi connectivity index (χ1n) is 8.14. The molecule has 1 aliphatic rings. The summed E-state index contributed by atoms with van der Waals surface area (Å²) in [5.74, 6) is 1.48. The molecule has 0 unspecified atom stereocenters. The Morgan fingerprint density at radius 1 is 1.42 bits per heavy atom. The normalized spacial score (nSPS) is 20.0. The number of aromatic nitrogens is 1. The van der Waals surface area contributed by atoms with Crippen LogP contribution in [0.3, 0.4) is 0 Å². The van der Waals surface area contributed by atoms with E-state index in [0.717, 1.165) is 37.0 Å². The van der Waals surface area contributed by atoms with Gasteiger partial charge < -0.3 is 4.74 Å². The highest BCUT2D eigenvalue weighted by molar-refractivity contribution is 7.99. The fourth-order valence-electron chi connectivity index (χ4n) is 2.56. The maximum atomic E-state index is 12.0. The Balaban J connectivity index is 1.88. The molecule has 2 heterocycles. The number of ether oxygens (including phenoxy) is 1. The molecule has 0 spiro atoms. The first-order valence-corrected chi connectivity index (χ1v) is 10.6. The summed E-state index contributed by atoms with van der Waals surface area (Å²) < 4.78 is 31.1. The fourth-order valence-corrected chi connectivity index (χ4v) is 4.25. The van der Waals surface area contributed by atoms with Crippen LogP contribution in [0.2, 0.25) is 0 Å². The second kappa shape index (κ2) is 8.62. The SMILES string of the molecule is CC(C)CN1CCO[C@@H](CSc2ccc(S(=O)(=O)N(C)C)cn2)C1. The minimum atomic E-state index is -3.42. The third kappa shape index (κ3) is 5.42. The molecule has 136 valence electrons.